The topological polar surface area (TPSA) is 106 Å². The number of ether oxygens (including phenoxy) is 3. The summed E-state index contributed by atoms with van der Waals surface area (Å²) in [6.45, 7) is 0.0806. The van der Waals surface area contributed by atoms with E-state index in [2.05, 4.69) is 15.4 Å². The predicted molar refractivity (Wildman–Crippen MR) is 102 cm³/mol. The van der Waals surface area contributed by atoms with Crippen LogP contribution in [0.4, 0.5) is 23.7 Å². The molecular formula is C20H16F3N3O6. The third-order valence-electron chi connectivity index (χ3n) is 4.65. The van der Waals surface area contributed by atoms with Crippen LogP contribution in [0.15, 0.2) is 42.5 Å². The van der Waals surface area contributed by atoms with E-state index in [4.69, 9.17) is 9.47 Å². The van der Waals surface area contributed by atoms with E-state index in [1.54, 1.807) is 18.2 Å². The molecule has 0 bridgehead atoms. The number of fused-ring (bicyclic) bond motifs is 1. The number of amides is 4. The minimum absolute atomic E-state index is 0.0138. The molecule has 4 rings (SSSR count). The molecule has 2 aromatic rings. The summed E-state index contributed by atoms with van der Waals surface area (Å²) in [6.07, 6.45) is -5.17. The summed E-state index contributed by atoms with van der Waals surface area (Å²) in [5.74, 6) is -0.529. The molecule has 2 aliphatic rings. The molecule has 32 heavy (non-hydrogen) atoms. The number of anilines is 1. The molecule has 0 aliphatic carbocycles. The molecule has 2 aromatic carbocycles. The lowest BCUT2D eigenvalue weighted by atomic mass is 10.1. The summed E-state index contributed by atoms with van der Waals surface area (Å²) < 4.78 is 50.9. The van der Waals surface area contributed by atoms with Gasteiger partial charge >= 0.3 is 12.4 Å². The number of rotatable bonds is 6. The Bertz CT molecular complexity index is 1060. The number of hydrogen-bond donors (Lipinski definition) is 2. The number of imide groups is 1. The highest BCUT2D eigenvalue weighted by atomic mass is 19.4. The second-order valence-corrected chi connectivity index (χ2v) is 6.94. The van der Waals surface area contributed by atoms with Gasteiger partial charge in [0, 0.05) is 5.69 Å². The Morgan fingerprint density at radius 2 is 1.84 bits per heavy atom. The molecule has 1 unspecified atom stereocenters. The van der Waals surface area contributed by atoms with Crippen LogP contribution >= 0.6 is 0 Å². The number of halogens is 3. The Kier molecular flexibility index (Phi) is 5.51. The maximum absolute atomic E-state index is 12.6. The SMILES string of the molecule is O=C(CC1NC(=O)N(Cc2ccc3c(c2)OCO3)C1=O)Nc1ccc(OC(F)(F)F)cc1. The fourth-order valence-corrected chi connectivity index (χ4v) is 3.22. The van der Waals surface area contributed by atoms with Gasteiger partial charge in [-0.25, -0.2) is 4.79 Å². The van der Waals surface area contributed by atoms with Gasteiger partial charge in [0.05, 0.1) is 13.0 Å². The zero-order valence-electron chi connectivity index (χ0n) is 16.3. The predicted octanol–water partition coefficient (Wildman–Crippen LogP) is 2.76. The van der Waals surface area contributed by atoms with Crippen LogP contribution in [0.3, 0.4) is 0 Å². The first-order chi connectivity index (χ1) is 15.2. The summed E-state index contributed by atoms with van der Waals surface area (Å²) in [5, 5.41) is 4.91. The Hall–Kier alpha value is -3.96. The van der Waals surface area contributed by atoms with Crippen molar-refractivity contribution in [1.29, 1.82) is 0 Å². The zero-order valence-corrected chi connectivity index (χ0v) is 16.3. The fourth-order valence-electron chi connectivity index (χ4n) is 3.22. The summed E-state index contributed by atoms with van der Waals surface area (Å²) in [5.41, 5.74) is 0.850. The number of urea groups is 1. The van der Waals surface area contributed by atoms with Gasteiger partial charge in [-0.2, -0.15) is 0 Å². The number of carbonyl (C=O) groups excluding carboxylic acids is 3. The standard InChI is InChI=1S/C20H16F3N3O6/c21-20(22,23)32-13-4-2-12(3-5-13)24-17(27)8-14-18(28)26(19(29)25-14)9-11-1-6-15-16(7-11)31-10-30-15/h1-7,14H,8-10H2,(H,24,27)(H,25,29). The molecule has 9 nitrogen and oxygen atoms in total. The van der Waals surface area contributed by atoms with E-state index in [-0.39, 0.29) is 25.4 Å². The first kappa shape index (κ1) is 21.3. The zero-order chi connectivity index (χ0) is 22.9. The second kappa shape index (κ2) is 8.29. The van der Waals surface area contributed by atoms with Gasteiger partial charge in [-0.3, -0.25) is 14.5 Å². The molecule has 2 heterocycles. The molecule has 0 radical (unpaired) electrons. The fraction of sp³-hybridized carbons (Fsp3) is 0.250. The first-order valence-electron chi connectivity index (χ1n) is 9.34. The van der Waals surface area contributed by atoms with Gasteiger partial charge in [0.25, 0.3) is 5.91 Å². The lowest BCUT2D eigenvalue weighted by molar-refractivity contribution is -0.274. The van der Waals surface area contributed by atoms with Gasteiger partial charge in [0.2, 0.25) is 12.7 Å². The van der Waals surface area contributed by atoms with E-state index in [1.807, 2.05) is 0 Å². The Labute approximate surface area is 179 Å². The maximum atomic E-state index is 12.6. The Balaban J connectivity index is 1.33. The Morgan fingerprint density at radius 3 is 2.56 bits per heavy atom. The highest BCUT2D eigenvalue weighted by Gasteiger charge is 2.39. The molecule has 2 aliphatic heterocycles. The summed E-state index contributed by atoms with van der Waals surface area (Å²) in [7, 11) is 0. The smallest absolute Gasteiger partial charge is 0.454 e. The van der Waals surface area contributed by atoms with E-state index >= 15 is 0 Å². The van der Waals surface area contributed by atoms with Crippen LogP contribution in [0.1, 0.15) is 12.0 Å². The van der Waals surface area contributed by atoms with Gasteiger partial charge in [-0.05, 0) is 42.0 Å². The van der Waals surface area contributed by atoms with E-state index in [0.717, 1.165) is 17.0 Å². The van der Waals surface area contributed by atoms with Crippen LogP contribution in [0.5, 0.6) is 17.2 Å². The van der Waals surface area contributed by atoms with Gasteiger partial charge in [-0.15, -0.1) is 13.2 Å². The Morgan fingerprint density at radius 1 is 1.12 bits per heavy atom. The summed E-state index contributed by atoms with van der Waals surface area (Å²) >= 11 is 0. The van der Waals surface area contributed by atoms with Crippen molar-refractivity contribution < 1.29 is 41.8 Å². The number of nitrogens with one attached hydrogen (secondary N) is 2. The van der Waals surface area contributed by atoms with E-state index in [9.17, 15) is 27.6 Å². The average molecular weight is 451 g/mol. The quantitative estimate of drug-likeness (QED) is 0.655. The third kappa shape index (κ3) is 4.85. The molecule has 0 aromatic heterocycles. The first-order valence-corrected chi connectivity index (χ1v) is 9.34. The molecule has 1 saturated heterocycles. The van der Waals surface area contributed by atoms with Crippen molar-refractivity contribution in [2.45, 2.75) is 25.4 Å². The van der Waals surface area contributed by atoms with E-state index in [0.29, 0.717) is 17.1 Å². The monoisotopic (exact) mass is 451 g/mol. The molecule has 2 N–H and O–H groups in total. The van der Waals surface area contributed by atoms with Crippen LogP contribution < -0.4 is 24.8 Å². The van der Waals surface area contributed by atoms with Crippen molar-refractivity contribution >= 4 is 23.5 Å². The number of carbonyl (C=O) groups is 3. The van der Waals surface area contributed by atoms with Crippen molar-refractivity contribution in [3.8, 4) is 17.2 Å². The van der Waals surface area contributed by atoms with Gasteiger partial charge in [0.15, 0.2) is 11.5 Å². The van der Waals surface area contributed by atoms with E-state index in [1.165, 1.54) is 12.1 Å². The average Bonchev–Trinajstić information content (AvgIpc) is 3.28. The number of nitrogens with zero attached hydrogens (tertiary/aromatic N) is 1. The van der Waals surface area contributed by atoms with Gasteiger partial charge in [0.1, 0.15) is 11.8 Å². The highest BCUT2D eigenvalue weighted by molar-refractivity contribution is 6.06. The van der Waals surface area contributed by atoms with Crippen LogP contribution in [0, 0.1) is 0 Å². The maximum Gasteiger partial charge on any atom is 0.573 e. The lowest BCUT2D eigenvalue weighted by Crippen LogP contribution is -2.34. The van der Waals surface area contributed by atoms with Crippen molar-refractivity contribution in [1.82, 2.24) is 10.2 Å². The van der Waals surface area contributed by atoms with Crippen molar-refractivity contribution in [3.05, 3.63) is 48.0 Å². The minimum Gasteiger partial charge on any atom is -0.454 e. The van der Waals surface area contributed by atoms with Crippen LogP contribution in [0.25, 0.3) is 0 Å². The van der Waals surface area contributed by atoms with Gasteiger partial charge < -0.3 is 24.8 Å². The van der Waals surface area contributed by atoms with Gasteiger partial charge in [-0.1, -0.05) is 6.07 Å². The number of benzene rings is 2. The largest absolute Gasteiger partial charge is 0.573 e. The molecular weight excluding hydrogens is 435 g/mol. The molecule has 1 fully saturated rings. The molecule has 4 amide bonds. The molecule has 12 heteroatoms. The number of alkyl halides is 3. The summed E-state index contributed by atoms with van der Waals surface area (Å²) in [6, 6.07) is 7.85. The lowest BCUT2D eigenvalue weighted by Gasteiger charge is -2.13. The third-order valence-corrected chi connectivity index (χ3v) is 4.65. The van der Waals surface area contributed by atoms with Crippen LogP contribution in [-0.4, -0.2) is 41.9 Å². The van der Waals surface area contributed by atoms with Crippen molar-refractivity contribution in [2.75, 3.05) is 12.1 Å². The summed E-state index contributed by atoms with van der Waals surface area (Å²) in [4.78, 5) is 38.1. The second-order valence-electron chi connectivity index (χ2n) is 6.94. The minimum atomic E-state index is -4.82. The van der Waals surface area contributed by atoms with E-state index < -0.39 is 36.0 Å². The van der Waals surface area contributed by atoms with Crippen molar-refractivity contribution in [2.24, 2.45) is 0 Å². The molecule has 168 valence electrons. The molecule has 0 spiro atoms. The van der Waals surface area contributed by atoms with Crippen molar-refractivity contribution in [3.63, 3.8) is 0 Å². The van der Waals surface area contributed by atoms with Crippen LogP contribution in [0.2, 0.25) is 0 Å². The van der Waals surface area contributed by atoms with Crippen LogP contribution in [-0.2, 0) is 16.1 Å². The highest BCUT2D eigenvalue weighted by Crippen LogP contribution is 2.33. The number of hydrogen-bond acceptors (Lipinski definition) is 6. The normalized spacial score (nSPS) is 17.3. The molecule has 1 atom stereocenters. The molecule has 0 saturated carbocycles.